The molecule has 1 heterocycles. The summed E-state index contributed by atoms with van der Waals surface area (Å²) in [5, 5.41) is 22.0. The molecule has 6 N–H and O–H groups in total. The Kier molecular flexibility index (Phi) is 12.8. The number of carbonyl (C=O) groups excluding carboxylic acids is 2. The van der Waals surface area contributed by atoms with Crippen molar-refractivity contribution >= 4 is 17.8 Å². The van der Waals surface area contributed by atoms with E-state index in [1.54, 1.807) is 0 Å². The molecule has 0 radical (unpaired) electrons. The second kappa shape index (κ2) is 16.5. The summed E-state index contributed by atoms with van der Waals surface area (Å²) in [5.74, 6) is 0.483. The Morgan fingerprint density at radius 1 is 1.13 bits per heavy atom. The van der Waals surface area contributed by atoms with Gasteiger partial charge >= 0.3 is 5.97 Å². The highest BCUT2D eigenvalue weighted by Gasteiger charge is 2.46. The third-order valence-electron chi connectivity index (χ3n) is 10.2. The molecular formula is C35H56N4O6. The number of phenolic OH excluding ortho intramolecular Hbond substituents is 1. The van der Waals surface area contributed by atoms with Gasteiger partial charge in [0.15, 0.2) is 17.5 Å². The van der Waals surface area contributed by atoms with Gasteiger partial charge in [0.05, 0.1) is 12.2 Å². The lowest BCUT2D eigenvalue weighted by Crippen LogP contribution is -2.35. The summed E-state index contributed by atoms with van der Waals surface area (Å²) in [7, 11) is 0. The highest BCUT2D eigenvalue weighted by molar-refractivity contribution is 5.79. The topological polar surface area (TPSA) is 161 Å². The van der Waals surface area contributed by atoms with Gasteiger partial charge in [0, 0.05) is 45.0 Å². The molecule has 3 atom stereocenters. The molecule has 45 heavy (non-hydrogen) atoms. The van der Waals surface area contributed by atoms with Crippen molar-refractivity contribution in [1.82, 2.24) is 4.90 Å². The van der Waals surface area contributed by atoms with Gasteiger partial charge < -0.3 is 36.1 Å². The normalized spacial score (nSPS) is 21.2. The molecule has 0 aromatic heterocycles. The van der Waals surface area contributed by atoms with Gasteiger partial charge in [0.25, 0.3) is 0 Å². The zero-order valence-electron chi connectivity index (χ0n) is 27.5. The molecule has 2 saturated carbocycles. The number of ether oxygens (including phenoxy) is 2. The van der Waals surface area contributed by atoms with E-state index >= 15 is 0 Å². The van der Waals surface area contributed by atoms with Crippen LogP contribution >= 0.6 is 0 Å². The number of aliphatic imine (C=N–C) groups is 1. The van der Waals surface area contributed by atoms with E-state index in [0.29, 0.717) is 56.5 Å². The van der Waals surface area contributed by atoms with Crippen LogP contribution in [0.2, 0.25) is 0 Å². The number of guanidine groups is 1. The number of rotatable bonds is 17. The first kappa shape index (κ1) is 34.9. The minimum Gasteiger partial charge on any atom is -0.504 e. The molecule has 1 amide bonds. The largest absolute Gasteiger partial charge is 0.504 e. The molecule has 1 saturated heterocycles. The first-order valence-electron chi connectivity index (χ1n) is 17.3. The second-order valence-electron chi connectivity index (χ2n) is 13.8. The number of likely N-dealkylation sites (tertiary alicyclic amines) is 1. The first-order valence-corrected chi connectivity index (χ1v) is 17.3. The lowest BCUT2D eigenvalue weighted by molar-refractivity contribution is -0.148. The van der Waals surface area contributed by atoms with Crippen molar-refractivity contribution in [1.29, 1.82) is 0 Å². The van der Waals surface area contributed by atoms with Crippen molar-refractivity contribution in [3.05, 3.63) is 23.3 Å². The molecule has 3 unspecified atom stereocenters. The van der Waals surface area contributed by atoms with E-state index in [-0.39, 0.29) is 47.6 Å². The van der Waals surface area contributed by atoms with Crippen molar-refractivity contribution in [2.24, 2.45) is 27.8 Å². The van der Waals surface area contributed by atoms with Crippen LogP contribution < -0.4 is 16.2 Å². The monoisotopic (exact) mass is 628 g/mol. The number of aryl methyl sites for hydroxylation is 1. The number of aliphatic hydroxyl groups is 1. The van der Waals surface area contributed by atoms with E-state index < -0.39 is 12.2 Å². The van der Waals surface area contributed by atoms with Crippen LogP contribution in [0.25, 0.3) is 0 Å². The summed E-state index contributed by atoms with van der Waals surface area (Å²) in [6.07, 6.45) is 13.2. The molecule has 10 heteroatoms. The van der Waals surface area contributed by atoms with Crippen LogP contribution in [0.3, 0.4) is 0 Å². The van der Waals surface area contributed by atoms with Crippen molar-refractivity contribution in [3.63, 3.8) is 0 Å². The van der Waals surface area contributed by atoms with Gasteiger partial charge in [-0.15, -0.1) is 0 Å². The molecule has 10 nitrogen and oxygen atoms in total. The number of amides is 1. The Balaban J connectivity index is 1.51. The average Bonchev–Trinajstić information content (AvgIpc) is 3.75. The van der Waals surface area contributed by atoms with Gasteiger partial charge in [0.2, 0.25) is 5.91 Å². The molecule has 1 aromatic carbocycles. The van der Waals surface area contributed by atoms with Crippen molar-refractivity contribution in [2.45, 2.75) is 141 Å². The maximum absolute atomic E-state index is 13.4. The van der Waals surface area contributed by atoms with E-state index in [9.17, 15) is 19.8 Å². The molecule has 2 aliphatic carbocycles. The van der Waals surface area contributed by atoms with Gasteiger partial charge in [-0.1, -0.05) is 45.1 Å². The number of benzene rings is 1. The molecule has 3 aliphatic rings. The summed E-state index contributed by atoms with van der Waals surface area (Å²) in [6, 6.07) is 3.84. The molecule has 4 rings (SSSR count). The van der Waals surface area contributed by atoms with Gasteiger partial charge in [-0.2, -0.15) is 0 Å². The third-order valence-corrected chi connectivity index (χ3v) is 10.2. The van der Waals surface area contributed by atoms with Crippen molar-refractivity contribution in [3.8, 4) is 11.5 Å². The number of aromatic hydroxyl groups is 1. The minimum absolute atomic E-state index is 0.0571. The number of nitrogens with zero attached hydrogens (tertiary/aromatic N) is 2. The zero-order valence-corrected chi connectivity index (χ0v) is 27.5. The quantitative estimate of drug-likeness (QED) is 0.0803. The van der Waals surface area contributed by atoms with E-state index in [0.717, 1.165) is 76.2 Å². The standard InChI is InChI=1S/C35H56N4O6/c1-3-4-5-10-28(41)20-30(44-24(2)40)14-13-25-17-26(33(43)31(18-25)45-29-11-6-7-12-29)21-39-22-27(19-32(39)42)35(15-8-9-16-35)23-38-34(36)37/h17-18,27-30,41,43H,3-16,19-23H2,1-2H3,(H4,36,37,38). The predicted molar refractivity (Wildman–Crippen MR) is 175 cm³/mol. The van der Waals surface area contributed by atoms with Crippen LogP contribution in [0.15, 0.2) is 17.1 Å². The highest BCUT2D eigenvalue weighted by Crippen LogP contribution is 2.49. The van der Waals surface area contributed by atoms with Gasteiger partial charge in [-0.05, 0) is 80.8 Å². The second-order valence-corrected chi connectivity index (χ2v) is 13.8. The van der Waals surface area contributed by atoms with Crippen LogP contribution in [-0.2, 0) is 27.3 Å². The summed E-state index contributed by atoms with van der Waals surface area (Å²) < 4.78 is 11.9. The summed E-state index contributed by atoms with van der Waals surface area (Å²) in [4.78, 5) is 31.5. The lowest BCUT2D eigenvalue weighted by atomic mass is 9.73. The van der Waals surface area contributed by atoms with Gasteiger partial charge in [0.1, 0.15) is 6.10 Å². The number of nitrogens with two attached hydrogens (primary N) is 2. The molecule has 0 bridgehead atoms. The number of aliphatic hydroxyl groups excluding tert-OH is 1. The third kappa shape index (κ3) is 9.99. The molecule has 1 aliphatic heterocycles. The number of unbranched alkanes of at least 4 members (excludes halogenated alkanes) is 2. The zero-order chi connectivity index (χ0) is 32.4. The highest BCUT2D eigenvalue weighted by atomic mass is 16.5. The average molecular weight is 629 g/mol. The fourth-order valence-corrected chi connectivity index (χ4v) is 7.67. The number of hydrogen-bond donors (Lipinski definition) is 4. The fraction of sp³-hybridized carbons (Fsp3) is 0.743. The Labute approximate surface area is 268 Å². The van der Waals surface area contributed by atoms with Crippen molar-refractivity contribution < 1.29 is 29.3 Å². The van der Waals surface area contributed by atoms with Crippen LogP contribution in [-0.4, -0.2) is 64.4 Å². The summed E-state index contributed by atoms with van der Waals surface area (Å²) in [6.45, 7) is 4.96. The van der Waals surface area contributed by atoms with Gasteiger partial charge in [-0.25, -0.2) is 0 Å². The summed E-state index contributed by atoms with van der Waals surface area (Å²) in [5.41, 5.74) is 12.9. The van der Waals surface area contributed by atoms with Gasteiger partial charge in [-0.3, -0.25) is 14.6 Å². The number of esters is 1. The molecule has 3 fully saturated rings. The minimum atomic E-state index is -0.526. The SMILES string of the molecule is CCCCCC(O)CC(CCc1cc(CN2CC(C3(CN=C(N)N)CCCC3)CC2=O)c(O)c(OC2CCCC2)c1)OC(C)=O. The number of carbonyl (C=O) groups is 2. The van der Waals surface area contributed by atoms with Crippen LogP contribution in [0.4, 0.5) is 0 Å². The number of phenols is 1. The van der Waals surface area contributed by atoms with E-state index in [1.807, 2.05) is 17.0 Å². The molecular weight excluding hydrogens is 572 g/mol. The van der Waals surface area contributed by atoms with Crippen molar-refractivity contribution in [2.75, 3.05) is 13.1 Å². The van der Waals surface area contributed by atoms with Crippen LogP contribution in [0, 0.1) is 11.3 Å². The Morgan fingerprint density at radius 2 is 1.87 bits per heavy atom. The predicted octanol–water partition coefficient (Wildman–Crippen LogP) is 5.09. The number of hydrogen-bond acceptors (Lipinski definition) is 7. The maximum atomic E-state index is 13.4. The van der Waals surface area contributed by atoms with E-state index in [4.69, 9.17) is 20.9 Å². The van der Waals surface area contributed by atoms with E-state index in [1.165, 1.54) is 6.92 Å². The smallest absolute Gasteiger partial charge is 0.302 e. The maximum Gasteiger partial charge on any atom is 0.302 e. The molecule has 1 aromatic rings. The Bertz CT molecular complexity index is 1160. The lowest BCUT2D eigenvalue weighted by Gasteiger charge is -2.33. The first-order chi connectivity index (χ1) is 21.6. The fourth-order valence-electron chi connectivity index (χ4n) is 7.67. The Morgan fingerprint density at radius 3 is 2.53 bits per heavy atom. The Hall–Kier alpha value is -3.01. The van der Waals surface area contributed by atoms with E-state index in [2.05, 4.69) is 11.9 Å². The summed E-state index contributed by atoms with van der Waals surface area (Å²) >= 11 is 0. The molecule has 0 spiro atoms. The van der Waals surface area contributed by atoms with Crippen LogP contribution in [0.5, 0.6) is 11.5 Å². The van der Waals surface area contributed by atoms with Crippen LogP contribution in [0.1, 0.15) is 121 Å². The molecule has 252 valence electrons.